The molecule has 2 heteroatoms. The maximum Gasteiger partial charge on any atom is 0.244 e. The van der Waals surface area contributed by atoms with Crippen LogP contribution in [-0.2, 0) is 4.79 Å². The molecule has 1 rings (SSSR count). The van der Waals surface area contributed by atoms with Crippen molar-refractivity contribution in [1.82, 2.24) is 0 Å². The molecule has 2 radical (unpaired) electrons. The van der Waals surface area contributed by atoms with E-state index < -0.39 is 0 Å². The van der Waals surface area contributed by atoms with Crippen molar-refractivity contribution in [3.05, 3.63) is 22.4 Å². The standard InChI is InChI=1S/C5H2OS/c6-4-5-2-1-3-7-5/h1,3H. The van der Waals surface area contributed by atoms with Gasteiger partial charge in [-0.2, -0.15) is 0 Å². The van der Waals surface area contributed by atoms with E-state index in [0.717, 1.165) is 0 Å². The Balaban J connectivity index is 2.96. The van der Waals surface area contributed by atoms with Crippen molar-refractivity contribution in [2.75, 3.05) is 0 Å². The molecule has 34 valence electrons. The van der Waals surface area contributed by atoms with Crippen LogP contribution in [0.4, 0.5) is 0 Å². The number of hydrogen-bond acceptors (Lipinski definition) is 2. The van der Waals surface area contributed by atoms with Gasteiger partial charge < -0.3 is 0 Å². The third-order valence-corrected chi connectivity index (χ3v) is 1.27. The molecular weight excluding hydrogens is 108 g/mol. The fraction of sp³-hybridized carbons (Fsp3) is 0. The van der Waals surface area contributed by atoms with E-state index in [-0.39, 0.29) is 0 Å². The smallest absolute Gasteiger partial charge is 0.244 e. The van der Waals surface area contributed by atoms with Crippen LogP contribution in [0.3, 0.4) is 0 Å². The quantitative estimate of drug-likeness (QED) is 0.527. The van der Waals surface area contributed by atoms with Gasteiger partial charge in [-0.25, -0.2) is 0 Å². The van der Waals surface area contributed by atoms with Crippen LogP contribution in [0.5, 0.6) is 0 Å². The molecule has 0 N–H and O–H groups in total. The highest BCUT2D eigenvalue weighted by Gasteiger charge is 1.85. The second-order valence-corrected chi connectivity index (χ2v) is 1.91. The van der Waals surface area contributed by atoms with Crippen molar-refractivity contribution in [1.29, 1.82) is 0 Å². The normalized spacial score (nSPS) is 8.57. The first-order valence-electron chi connectivity index (χ1n) is 1.77. The van der Waals surface area contributed by atoms with Crippen molar-refractivity contribution >= 4 is 17.6 Å². The lowest BCUT2D eigenvalue weighted by atomic mass is 10.5. The minimum atomic E-state index is 0.542. The van der Waals surface area contributed by atoms with Crippen LogP contribution in [0.2, 0.25) is 0 Å². The summed E-state index contributed by atoms with van der Waals surface area (Å²) in [6.45, 7) is 0. The Morgan fingerprint density at radius 1 is 1.86 bits per heavy atom. The summed E-state index contributed by atoms with van der Waals surface area (Å²) in [6, 6.07) is 4.38. The summed E-state index contributed by atoms with van der Waals surface area (Å²) in [5.74, 6) is 0. The molecule has 1 nitrogen and oxygen atoms in total. The van der Waals surface area contributed by atoms with Gasteiger partial charge in [0.15, 0.2) is 0 Å². The average Bonchev–Trinajstić information content (AvgIpc) is 2.14. The summed E-state index contributed by atoms with van der Waals surface area (Å²) in [4.78, 5) is 10.3. The third-order valence-electron chi connectivity index (χ3n) is 0.561. The lowest BCUT2D eigenvalue weighted by molar-refractivity contribution is 0.563. The van der Waals surface area contributed by atoms with Crippen LogP contribution < -0.4 is 0 Å². The molecule has 7 heavy (non-hydrogen) atoms. The average molecular weight is 110 g/mol. The highest BCUT2D eigenvalue weighted by Crippen LogP contribution is 2.01. The summed E-state index contributed by atoms with van der Waals surface area (Å²) in [7, 11) is 0. The largest absolute Gasteiger partial charge is 0.284 e. The number of carbonyl (C=O) groups excluding carboxylic acids is 1. The van der Waals surface area contributed by atoms with Crippen LogP contribution in [0.25, 0.3) is 0 Å². The minimum absolute atomic E-state index is 0.542. The Morgan fingerprint density at radius 2 is 2.71 bits per heavy atom. The van der Waals surface area contributed by atoms with Crippen LogP contribution in [0.1, 0.15) is 4.88 Å². The predicted molar refractivity (Wildman–Crippen MR) is 28.0 cm³/mol. The minimum Gasteiger partial charge on any atom is -0.284 e. The van der Waals surface area contributed by atoms with Crippen LogP contribution in [-0.4, -0.2) is 6.29 Å². The van der Waals surface area contributed by atoms with Crippen molar-refractivity contribution in [3.63, 3.8) is 0 Å². The summed E-state index contributed by atoms with van der Waals surface area (Å²) in [5.41, 5.74) is 0. The van der Waals surface area contributed by atoms with Gasteiger partial charge in [-0.15, -0.1) is 11.3 Å². The summed E-state index contributed by atoms with van der Waals surface area (Å²) >= 11 is 1.34. The molecule has 0 saturated heterocycles. The van der Waals surface area contributed by atoms with E-state index in [9.17, 15) is 4.79 Å². The lowest BCUT2D eigenvalue weighted by Crippen LogP contribution is -1.63. The Hall–Kier alpha value is -0.630. The van der Waals surface area contributed by atoms with Gasteiger partial charge in [0.25, 0.3) is 0 Å². The monoisotopic (exact) mass is 110 g/mol. The van der Waals surface area contributed by atoms with E-state index in [1.807, 2.05) is 0 Å². The fourth-order valence-corrected chi connectivity index (χ4v) is 0.756. The second kappa shape index (κ2) is 1.89. The van der Waals surface area contributed by atoms with Crippen molar-refractivity contribution in [2.24, 2.45) is 0 Å². The molecule has 0 amide bonds. The van der Waals surface area contributed by atoms with Gasteiger partial charge in [0, 0.05) is 6.07 Å². The SMILES string of the molecule is O=[C]c1[c]ccs1. The molecule has 0 aliphatic carbocycles. The zero-order chi connectivity index (χ0) is 5.11. The molecule has 0 unspecified atom stereocenters. The van der Waals surface area contributed by atoms with Crippen molar-refractivity contribution in [3.8, 4) is 0 Å². The van der Waals surface area contributed by atoms with E-state index in [4.69, 9.17) is 0 Å². The van der Waals surface area contributed by atoms with Crippen LogP contribution in [0, 0.1) is 6.07 Å². The topological polar surface area (TPSA) is 17.1 Å². The molecular formula is C5H2OS. The van der Waals surface area contributed by atoms with Gasteiger partial charge in [0.05, 0.1) is 4.88 Å². The van der Waals surface area contributed by atoms with E-state index in [1.54, 1.807) is 17.7 Å². The molecule has 0 aliphatic heterocycles. The molecule has 1 aromatic rings. The summed E-state index contributed by atoms with van der Waals surface area (Å²) < 4.78 is 0. The van der Waals surface area contributed by atoms with Crippen molar-refractivity contribution < 1.29 is 4.79 Å². The Morgan fingerprint density at radius 3 is 3.00 bits per heavy atom. The first kappa shape index (κ1) is 4.53. The third kappa shape index (κ3) is 0.871. The Kier molecular flexibility index (Phi) is 1.22. The summed E-state index contributed by atoms with van der Waals surface area (Å²) in [5, 5.41) is 1.79. The molecule has 0 bridgehead atoms. The van der Waals surface area contributed by atoms with E-state index >= 15 is 0 Å². The van der Waals surface area contributed by atoms with Gasteiger partial charge in [-0.1, -0.05) is 0 Å². The van der Waals surface area contributed by atoms with Crippen LogP contribution in [0.15, 0.2) is 11.4 Å². The van der Waals surface area contributed by atoms with Gasteiger partial charge >= 0.3 is 0 Å². The summed E-state index contributed by atoms with van der Waals surface area (Å²) in [6.07, 6.45) is 1.72. The van der Waals surface area contributed by atoms with Gasteiger partial charge in [0.2, 0.25) is 6.29 Å². The molecule has 0 aliphatic rings. The second-order valence-electron chi connectivity index (χ2n) is 0.996. The van der Waals surface area contributed by atoms with E-state index in [2.05, 4.69) is 6.07 Å². The fourth-order valence-electron chi connectivity index (χ4n) is 0.299. The Bertz CT molecular complexity index is 143. The first-order valence-corrected chi connectivity index (χ1v) is 2.65. The first-order chi connectivity index (χ1) is 3.43. The van der Waals surface area contributed by atoms with Crippen LogP contribution >= 0.6 is 11.3 Å². The molecule has 0 spiro atoms. The lowest BCUT2D eigenvalue weighted by Gasteiger charge is -1.62. The maximum atomic E-state index is 9.72. The highest BCUT2D eigenvalue weighted by molar-refractivity contribution is 7.11. The zero-order valence-electron chi connectivity index (χ0n) is 3.47. The number of rotatable bonds is 1. The molecule has 0 saturated carbocycles. The highest BCUT2D eigenvalue weighted by atomic mass is 32.1. The number of hydrogen-bond donors (Lipinski definition) is 0. The number of thiophene rings is 1. The molecule has 0 atom stereocenters. The van der Waals surface area contributed by atoms with E-state index in [1.165, 1.54) is 11.3 Å². The predicted octanol–water partition coefficient (Wildman–Crippen LogP) is 1.01. The van der Waals surface area contributed by atoms with Crippen molar-refractivity contribution in [2.45, 2.75) is 0 Å². The zero-order valence-corrected chi connectivity index (χ0v) is 4.29. The van der Waals surface area contributed by atoms with Gasteiger partial charge in [-0.3, -0.25) is 4.79 Å². The molecule has 1 aromatic heterocycles. The van der Waals surface area contributed by atoms with Gasteiger partial charge in [0.1, 0.15) is 0 Å². The van der Waals surface area contributed by atoms with E-state index in [0.29, 0.717) is 4.88 Å². The molecule has 0 aromatic carbocycles. The molecule has 1 heterocycles. The maximum absolute atomic E-state index is 9.72. The van der Waals surface area contributed by atoms with Gasteiger partial charge in [-0.05, 0) is 11.4 Å². The Labute approximate surface area is 45.6 Å². The molecule has 0 fully saturated rings.